The molecule has 2 saturated heterocycles. The number of rotatable bonds is 4. The molecular formula is C25H35N3O4. The molecule has 1 atom stereocenters. The molecule has 2 fully saturated rings. The van der Waals surface area contributed by atoms with Crippen LogP contribution in [0, 0.1) is 6.92 Å². The molecule has 1 amide bonds. The molecule has 2 aromatic rings. The molecule has 0 bridgehead atoms. The lowest BCUT2D eigenvalue weighted by molar-refractivity contribution is -0.144. The minimum atomic E-state index is -0.622. The van der Waals surface area contributed by atoms with E-state index in [1.165, 1.54) is 6.07 Å². The van der Waals surface area contributed by atoms with Gasteiger partial charge in [0.2, 0.25) is 0 Å². The molecule has 4 rings (SSSR count). The molecule has 1 unspecified atom stereocenters. The van der Waals surface area contributed by atoms with Gasteiger partial charge in [-0.2, -0.15) is 0 Å². The van der Waals surface area contributed by atoms with Gasteiger partial charge in [0.15, 0.2) is 6.10 Å². The van der Waals surface area contributed by atoms with Crippen molar-refractivity contribution in [3.8, 4) is 5.75 Å². The van der Waals surface area contributed by atoms with Crippen molar-refractivity contribution in [3.63, 3.8) is 0 Å². The maximum Gasteiger partial charge on any atom is 0.336 e. The van der Waals surface area contributed by atoms with E-state index in [0.717, 1.165) is 55.5 Å². The number of fused-ring (bicyclic) bond motifs is 1. The van der Waals surface area contributed by atoms with Gasteiger partial charge in [-0.1, -0.05) is 6.92 Å². The number of hydrogen-bond donors (Lipinski definition) is 0. The zero-order valence-electron chi connectivity index (χ0n) is 19.9. The van der Waals surface area contributed by atoms with Crippen molar-refractivity contribution in [1.82, 2.24) is 14.7 Å². The molecule has 1 aromatic carbocycles. The summed E-state index contributed by atoms with van der Waals surface area (Å²) in [6.45, 7) is 10.2. The minimum Gasteiger partial charge on any atom is -0.480 e. The number of likely N-dealkylation sites (tertiary alicyclic amines) is 1. The van der Waals surface area contributed by atoms with E-state index in [2.05, 4.69) is 23.9 Å². The molecule has 0 radical (unpaired) electrons. The highest BCUT2D eigenvalue weighted by atomic mass is 16.5. The van der Waals surface area contributed by atoms with Crippen LogP contribution in [0.15, 0.2) is 27.4 Å². The summed E-state index contributed by atoms with van der Waals surface area (Å²) in [5, 5.41) is 0.780. The van der Waals surface area contributed by atoms with Gasteiger partial charge in [-0.05, 0) is 83.6 Å². The van der Waals surface area contributed by atoms with Gasteiger partial charge in [-0.15, -0.1) is 0 Å². The van der Waals surface area contributed by atoms with Crippen molar-refractivity contribution in [2.75, 3.05) is 46.8 Å². The predicted octanol–water partition coefficient (Wildman–Crippen LogP) is 2.67. The van der Waals surface area contributed by atoms with Crippen LogP contribution in [0.4, 0.5) is 0 Å². The molecule has 7 heteroatoms. The Bertz CT molecular complexity index is 1060. The molecule has 0 aliphatic carbocycles. The van der Waals surface area contributed by atoms with Gasteiger partial charge in [0.05, 0.1) is 5.39 Å². The molecule has 1 aromatic heterocycles. The quantitative estimate of drug-likeness (QED) is 0.680. The largest absolute Gasteiger partial charge is 0.480 e. The van der Waals surface area contributed by atoms with Gasteiger partial charge in [-0.3, -0.25) is 9.69 Å². The Kier molecular flexibility index (Phi) is 6.32. The van der Waals surface area contributed by atoms with Crippen LogP contribution in [0.1, 0.15) is 37.8 Å². The summed E-state index contributed by atoms with van der Waals surface area (Å²) in [5.41, 5.74) is 1.99. The summed E-state index contributed by atoms with van der Waals surface area (Å²) in [6.07, 6.45) is 2.20. The number of likely N-dealkylation sites (N-methyl/N-ethyl adjacent to an activating group) is 1. The molecule has 2 aliphatic heterocycles. The number of piperidine rings is 1. The van der Waals surface area contributed by atoms with Crippen LogP contribution in [-0.4, -0.2) is 79.1 Å². The summed E-state index contributed by atoms with van der Waals surface area (Å²) >= 11 is 0. The van der Waals surface area contributed by atoms with E-state index in [4.69, 9.17) is 9.15 Å². The number of amides is 1. The fourth-order valence-electron chi connectivity index (χ4n) is 5.17. The van der Waals surface area contributed by atoms with Crippen molar-refractivity contribution in [3.05, 3.63) is 39.7 Å². The third-order valence-corrected chi connectivity index (χ3v) is 7.30. The Labute approximate surface area is 189 Å². The van der Waals surface area contributed by atoms with E-state index in [1.807, 2.05) is 37.8 Å². The third kappa shape index (κ3) is 4.28. The molecule has 32 heavy (non-hydrogen) atoms. The second-order valence-corrected chi connectivity index (χ2v) is 9.55. The average Bonchev–Trinajstić information content (AvgIpc) is 2.76. The van der Waals surface area contributed by atoms with E-state index in [-0.39, 0.29) is 17.1 Å². The zero-order valence-corrected chi connectivity index (χ0v) is 19.9. The third-order valence-electron chi connectivity index (χ3n) is 7.30. The second-order valence-electron chi connectivity index (χ2n) is 9.55. The summed E-state index contributed by atoms with van der Waals surface area (Å²) < 4.78 is 11.7. The lowest BCUT2D eigenvalue weighted by Crippen LogP contribution is -2.65. The van der Waals surface area contributed by atoms with Crippen molar-refractivity contribution in [2.24, 2.45) is 0 Å². The van der Waals surface area contributed by atoms with Crippen molar-refractivity contribution >= 4 is 16.9 Å². The number of hydrogen-bond acceptors (Lipinski definition) is 6. The van der Waals surface area contributed by atoms with E-state index in [9.17, 15) is 9.59 Å². The van der Waals surface area contributed by atoms with Crippen LogP contribution in [-0.2, 0) is 11.2 Å². The summed E-state index contributed by atoms with van der Waals surface area (Å²) in [6, 6.07) is 5.29. The van der Waals surface area contributed by atoms with Crippen molar-refractivity contribution in [2.45, 2.75) is 51.7 Å². The van der Waals surface area contributed by atoms with Crippen LogP contribution in [0.3, 0.4) is 0 Å². The summed E-state index contributed by atoms with van der Waals surface area (Å²) in [4.78, 5) is 32.2. The number of nitrogens with zero attached hydrogens (tertiary/aromatic N) is 3. The maximum atomic E-state index is 13.4. The molecule has 2 aliphatic rings. The molecule has 0 saturated carbocycles. The maximum absolute atomic E-state index is 13.4. The van der Waals surface area contributed by atoms with Gasteiger partial charge < -0.3 is 19.0 Å². The highest BCUT2D eigenvalue weighted by Gasteiger charge is 2.43. The Morgan fingerprint density at radius 1 is 1.16 bits per heavy atom. The first kappa shape index (κ1) is 22.8. The highest BCUT2D eigenvalue weighted by Crippen LogP contribution is 2.33. The van der Waals surface area contributed by atoms with Crippen molar-refractivity contribution < 1.29 is 13.9 Å². The topological polar surface area (TPSA) is 66.2 Å². The van der Waals surface area contributed by atoms with Crippen LogP contribution in [0.5, 0.6) is 5.75 Å². The Morgan fingerprint density at radius 3 is 2.56 bits per heavy atom. The SMILES string of the molecule is CCc1cc(=O)oc2cc(C)cc(OC(C)C(=O)N3CCN(C)C4(CCN(C)CC4)C3)c12. The second kappa shape index (κ2) is 8.87. The van der Waals surface area contributed by atoms with Gasteiger partial charge in [0.25, 0.3) is 5.91 Å². The number of benzene rings is 1. The molecule has 174 valence electrons. The van der Waals surface area contributed by atoms with E-state index in [0.29, 0.717) is 24.3 Å². The lowest BCUT2D eigenvalue weighted by atomic mass is 9.83. The van der Waals surface area contributed by atoms with Gasteiger partial charge in [0, 0.05) is 31.2 Å². The number of ether oxygens (including phenoxy) is 1. The van der Waals surface area contributed by atoms with E-state index in [1.54, 1.807) is 0 Å². The molecule has 3 heterocycles. The number of carbonyl (C=O) groups excluding carboxylic acids is 1. The van der Waals surface area contributed by atoms with Crippen LogP contribution in [0.2, 0.25) is 0 Å². The predicted molar refractivity (Wildman–Crippen MR) is 125 cm³/mol. The first-order chi connectivity index (χ1) is 15.2. The van der Waals surface area contributed by atoms with Gasteiger partial charge in [-0.25, -0.2) is 4.79 Å². The molecule has 1 spiro atoms. The molecule has 7 nitrogen and oxygen atoms in total. The zero-order chi connectivity index (χ0) is 23.0. The standard InChI is InChI=1S/C25H35N3O4/c1-6-19-15-22(29)32-21-14-17(2)13-20(23(19)21)31-18(3)24(30)28-12-11-27(5)25(16-28)7-9-26(4)10-8-25/h13-15,18H,6-12,16H2,1-5H3. The fourth-order valence-corrected chi connectivity index (χ4v) is 5.17. The van der Waals surface area contributed by atoms with Crippen LogP contribution < -0.4 is 10.4 Å². The van der Waals surface area contributed by atoms with Crippen molar-refractivity contribution in [1.29, 1.82) is 0 Å². The number of piperazine rings is 1. The summed E-state index contributed by atoms with van der Waals surface area (Å²) in [7, 11) is 4.35. The van der Waals surface area contributed by atoms with E-state index < -0.39 is 6.10 Å². The number of aryl methyl sites for hydroxylation is 2. The Hall–Kier alpha value is -2.38. The minimum absolute atomic E-state index is 0.0153. The summed E-state index contributed by atoms with van der Waals surface area (Å²) in [5.74, 6) is 0.617. The number of carbonyl (C=O) groups is 1. The Balaban J connectivity index is 1.57. The molecule has 0 N–H and O–H groups in total. The average molecular weight is 442 g/mol. The van der Waals surface area contributed by atoms with Gasteiger partial charge >= 0.3 is 5.63 Å². The van der Waals surface area contributed by atoms with Crippen LogP contribution >= 0.6 is 0 Å². The van der Waals surface area contributed by atoms with Gasteiger partial charge in [0.1, 0.15) is 11.3 Å². The monoisotopic (exact) mass is 441 g/mol. The fraction of sp³-hybridized carbons (Fsp3) is 0.600. The van der Waals surface area contributed by atoms with Crippen LogP contribution in [0.25, 0.3) is 11.0 Å². The smallest absolute Gasteiger partial charge is 0.336 e. The van der Waals surface area contributed by atoms with E-state index >= 15 is 0 Å². The first-order valence-corrected chi connectivity index (χ1v) is 11.6. The lowest BCUT2D eigenvalue weighted by Gasteiger charge is -2.53. The highest BCUT2D eigenvalue weighted by molar-refractivity contribution is 5.88. The Morgan fingerprint density at radius 2 is 1.88 bits per heavy atom. The first-order valence-electron chi connectivity index (χ1n) is 11.6. The molecular weight excluding hydrogens is 406 g/mol. The normalized spacial score (nSPS) is 20.6.